The average Bonchev–Trinajstić information content (AvgIpc) is 3.22. The van der Waals surface area contributed by atoms with Gasteiger partial charge in [-0.2, -0.15) is 4.98 Å². The predicted molar refractivity (Wildman–Crippen MR) is 159 cm³/mol. The second-order valence-electron chi connectivity index (χ2n) is 11.7. The van der Waals surface area contributed by atoms with Crippen LogP contribution in [0.1, 0.15) is 56.7 Å². The van der Waals surface area contributed by atoms with E-state index in [4.69, 9.17) is 4.98 Å². The maximum absolute atomic E-state index is 13.2. The van der Waals surface area contributed by atoms with Crippen LogP contribution >= 0.6 is 0 Å². The minimum Gasteiger partial charge on any atom is -0.390 e. The summed E-state index contributed by atoms with van der Waals surface area (Å²) in [5, 5.41) is 23.8. The van der Waals surface area contributed by atoms with Crippen molar-refractivity contribution in [2.75, 3.05) is 18.4 Å². The Morgan fingerprint density at radius 2 is 1.80 bits per heavy atom. The fraction of sp³-hybridized carbons (Fsp3) is 0.419. The zero-order valence-corrected chi connectivity index (χ0v) is 23.6. The summed E-state index contributed by atoms with van der Waals surface area (Å²) >= 11 is 0. The zero-order chi connectivity index (χ0) is 28.7. The molecule has 1 saturated carbocycles. The van der Waals surface area contributed by atoms with E-state index in [0.717, 1.165) is 31.6 Å². The van der Waals surface area contributed by atoms with E-state index in [1.807, 2.05) is 12.1 Å². The van der Waals surface area contributed by atoms with Crippen molar-refractivity contribution in [3.63, 3.8) is 0 Å². The smallest absolute Gasteiger partial charge is 0.278 e. The van der Waals surface area contributed by atoms with E-state index in [-0.39, 0.29) is 18.2 Å². The maximum Gasteiger partial charge on any atom is 0.278 e. The predicted octanol–water partition coefficient (Wildman–Crippen LogP) is 3.84. The third kappa shape index (κ3) is 5.42. The van der Waals surface area contributed by atoms with Crippen molar-refractivity contribution in [3.8, 4) is 5.82 Å². The van der Waals surface area contributed by atoms with Gasteiger partial charge >= 0.3 is 0 Å². The van der Waals surface area contributed by atoms with Crippen LogP contribution in [0.3, 0.4) is 0 Å². The Labute approximate surface area is 239 Å². The Morgan fingerprint density at radius 1 is 1.07 bits per heavy atom. The first-order valence-corrected chi connectivity index (χ1v) is 14.3. The van der Waals surface area contributed by atoms with Crippen LogP contribution in [0, 0.1) is 0 Å². The van der Waals surface area contributed by atoms with E-state index in [9.17, 15) is 15.0 Å². The van der Waals surface area contributed by atoms with Gasteiger partial charge < -0.3 is 15.5 Å². The summed E-state index contributed by atoms with van der Waals surface area (Å²) in [5.74, 6) is 1.38. The first-order valence-electron chi connectivity index (χ1n) is 14.3. The molecular weight excluding hydrogens is 518 g/mol. The van der Waals surface area contributed by atoms with Gasteiger partial charge in [0.15, 0.2) is 11.5 Å². The van der Waals surface area contributed by atoms with Crippen molar-refractivity contribution in [1.29, 1.82) is 0 Å². The lowest BCUT2D eigenvalue weighted by Crippen LogP contribution is -2.55. The molecule has 10 heteroatoms. The molecule has 1 saturated heterocycles. The number of anilines is 2. The summed E-state index contributed by atoms with van der Waals surface area (Å²) < 4.78 is 3.17. The lowest BCUT2D eigenvalue weighted by molar-refractivity contribution is -0.0343. The number of hydrogen-bond donors (Lipinski definition) is 3. The molecule has 0 atom stereocenters. The van der Waals surface area contributed by atoms with E-state index in [0.29, 0.717) is 40.5 Å². The number of pyridine rings is 1. The van der Waals surface area contributed by atoms with Gasteiger partial charge in [-0.15, -0.1) is 6.58 Å². The van der Waals surface area contributed by atoms with Crippen LogP contribution in [-0.4, -0.2) is 64.7 Å². The lowest BCUT2D eigenvalue weighted by atomic mass is 9.80. The Balaban J connectivity index is 1.24. The number of aromatic nitrogens is 5. The highest BCUT2D eigenvalue weighted by Crippen LogP contribution is 2.36. The van der Waals surface area contributed by atoms with Crippen LogP contribution in [0.2, 0.25) is 0 Å². The molecule has 2 aliphatic rings. The minimum absolute atomic E-state index is 0.140. The highest BCUT2D eigenvalue weighted by molar-refractivity contribution is 5.77. The largest absolute Gasteiger partial charge is 0.390 e. The molecule has 0 spiro atoms. The van der Waals surface area contributed by atoms with Crippen molar-refractivity contribution in [2.24, 2.45) is 0 Å². The van der Waals surface area contributed by atoms with E-state index in [1.54, 1.807) is 42.8 Å². The van der Waals surface area contributed by atoms with Gasteiger partial charge in [0, 0.05) is 31.0 Å². The molecule has 10 nitrogen and oxygen atoms in total. The minimum atomic E-state index is -1.15. The number of rotatable bonds is 8. The SMILES string of the molecule is C=CCn1c(=O)c2cnc(Nc3ccc(C4CCC(N5CC(O)C5)CC4)cc3)nc2n1-c1cccc(C(C)(C)O)n1. The summed E-state index contributed by atoms with van der Waals surface area (Å²) in [5.41, 5.74) is 1.70. The number of likely N-dealkylation sites (tertiary alicyclic amines) is 1. The molecule has 2 fully saturated rings. The lowest BCUT2D eigenvalue weighted by Gasteiger charge is -2.44. The van der Waals surface area contributed by atoms with Crippen molar-refractivity contribution >= 4 is 22.7 Å². The Kier molecular flexibility index (Phi) is 7.23. The first-order chi connectivity index (χ1) is 19.7. The van der Waals surface area contributed by atoms with Crippen LogP contribution < -0.4 is 10.9 Å². The number of hydrogen-bond acceptors (Lipinski definition) is 8. The average molecular weight is 556 g/mol. The number of aliphatic hydroxyl groups is 2. The van der Waals surface area contributed by atoms with Gasteiger partial charge in [-0.1, -0.05) is 24.3 Å². The van der Waals surface area contributed by atoms with Gasteiger partial charge in [-0.25, -0.2) is 19.3 Å². The number of aliphatic hydroxyl groups excluding tert-OH is 1. The second kappa shape index (κ2) is 10.8. The van der Waals surface area contributed by atoms with Crippen LogP contribution in [0.25, 0.3) is 16.9 Å². The van der Waals surface area contributed by atoms with E-state index in [1.165, 1.54) is 29.3 Å². The molecule has 1 aromatic carbocycles. The normalized spacial score (nSPS) is 20.2. The zero-order valence-electron chi connectivity index (χ0n) is 23.6. The van der Waals surface area contributed by atoms with E-state index >= 15 is 0 Å². The van der Waals surface area contributed by atoms with E-state index in [2.05, 4.69) is 38.9 Å². The molecular formula is C31H37N7O3. The molecule has 3 aromatic heterocycles. The molecule has 0 bridgehead atoms. The number of allylic oxidation sites excluding steroid dienone is 1. The second-order valence-corrected chi connectivity index (χ2v) is 11.7. The quantitative estimate of drug-likeness (QED) is 0.281. The highest BCUT2D eigenvalue weighted by Gasteiger charge is 2.33. The van der Waals surface area contributed by atoms with Crippen molar-refractivity contribution < 1.29 is 10.2 Å². The molecule has 1 aliphatic heterocycles. The summed E-state index contributed by atoms with van der Waals surface area (Å²) in [7, 11) is 0. The number of fused-ring (bicyclic) bond motifs is 1. The number of benzene rings is 1. The molecule has 4 heterocycles. The van der Waals surface area contributed by atoms with E-state index < -0.39 is 5.60 Å². The molecule has 0 radical (unpaired) electrons. The third-order valence-corrected chi connectivity index (χ3v) is 8.30. The Hall–Kier alpha value is -3.86. The maximum atomic E-state index is 13.2. The van der Waals surface area contributed by atoms with Gasteiger partial charge in [0.2, 0.25) is 5.95 Å². The molecule has 1 aliphatic carbocycles. The molecule has 41 heavy (non-hydrogen) atoms. The molecule has 3 N–H and O–H groups in total. The molecule has 4 aromatic rings. The van der Waals surface area contributed by atoms with Crippen LogP contribution in [0.15, 0.2) is 66.1 Å². The number of β-amino-alcohol motifs (C(OH)–C–C–N with tert-alkyl or cyclic N) is 1. The third-order valence-electron chi connectivity index (χ3n) is 8.30. The highest BCUT2D eigenvalue weighted by atomic mass is 16.3. The summed E-state index contributed by atoms with van der Waals surface area (Å²) in [6, 6.07) is 14.4. The van der Waals surface area contributed by atoms with Gasteiger partial charge in [-0.05, 0) is 75.3 Å². The van der Waals surface area contributed by atoms with Crippen molar-refractivity contribution in [3.05, 3.63) is 82.9 Å². The van der Waals surface area contributed by atoms with Crippen LogP contribution in [0.4, 0.5) is 11.6 Å². The number of nitrogens with one attached hydrogen (secondary N) is 1. The summed E-state index contributed by atoms with van der Waals surface area (Å²) in [6.07, 6.45) is 7.70. The van der Waals surface area contributed by atoms with Crippen molar-refractivity contribution in [1.82, 2.24) is 29.2 Å². The van der Waals surface area contributed by atoms with Crippen LogP contribution in [0.5, 0.6) is 0 Å². The van der Waals surface area contributed by atoms with Crippen molar-refractivity contribution in [2.45, 2.75) is 69.7 Å². The number of nitrogens with zero attached hydrogens (tertiary/aromatic N) is 6. The topological polar surface area (TPSA) is 121 Å². The molecule has 6 rings (SSSR count). The molecule has 0 unspecified atom stereocenters. The van der Waals surface area contributed by atoms with Gasteiger partial charge in [0.25, 0.3) is 5.56 Å². The Morgan fingerprint density at radius 3 is 2.46 bits per heavy atom. The van der Waals surface area contributed by atoms with Gasteiger partial charge in [0.1, 0.15) is 11.0 Å². The summed E-state index contributed by atoms with van der Waals surface area (Å²) in [4.78, 5) is 29.4. The van der Waals surface area contributed by atoms with Gasteiger partial charge in [-0.3, -0.25) is 9.69 Å². The molecule has 0 amide bonds. The van der Waals surface area contributed by atoms with Crippen LogP contribution in [-0.2, 0) is 12.1 Å². The monoisotopic (exact) mass is 555 g/mol. The standard InChI is InChI=1S/C31H37N7O3/c1-4-16-37-29(40)25-17-32-30(35-28(25)38(37)27-7-5-6-26(34-27)31(2,3)41)33-22-12-8-20(9-13-22)21-10-14-23(15-11-21)36-18-24(39)19-36/h4-9,12-13,17,21,23-24,39,41H,1,10-11,14-16,18-19H2,2-3H3,(H,32,33,35). The fourth-order valence-electron chi connectivity index (χ4n) is 6.02. The molecule has 214 valence electrons. The fourth-order valence-corrected chi connectivity index (χ4v) is 6.02. The first kappa shape index (κ1) is 27.3. The van der Waals surface area contributed by atoms with Gasteiger partial charge in [0.05, 0.1) is 18.3 Å². The Bertz CT molecular complexity index is 1610. The summed E-state index contributed by atoms with van der Waals surface area (Å²) in [6.45, 7) is 9.04.